The van der Waals surface area contributed by atoms with Gasteiger partial charge in [0.25, 0.3) is 0 Å². The zero-order valence-electron chi connectivity index (χ0n) is 14.4. The number of hydrogen-bond donors (Lipinski definition) is 1. The van der Waals surface area contributed by atoms with E-state index in [9.17, 15) is 22.8 Å². The number of hydrogen-bond acceptors (Lipinski definition) is 3. The number of amides is 2. The molecule has 1 unspecified atom stereocenters. The molecule has 0 aliphatic heterocycles. The minimum atomic E-state index is -4.65. The van der Waals surface area contributed by atoms with Crippen LogP contribution < -0.4 is 5.73 Å². The second-order valence-corrected chi connectivity index (χ2v) is 6.29. The number of likely N-dealkylation sites (N-methyl/N-ethyl adjacent to an activating group) is 1. The van der Waals surface area contributed by atoms with Gasteiger partial charge in [0.05, 0.1) is 6.42 Å². The van der Waals surface area contributed by atoms with Gasteiger partial charge < -0.3 is 10.5 Å². The van der Waals surface area contributed by atoms with Crippen molar-refractivity contribution in [2.24, 2.45) is 5.73 Å². The number of carbonyl (C=O) groups is 2. The van der Waals surface area contributed by atoms with Crippen LogP contribution in [0.5, 0.6) is 0 Å². The molecule has 0 saturated carbocycles. The van der Waals surface area contributed by atoms with E-state index in [1.54, 1.807) is 24.3 Å². The van der Waals surface area contributed by atoms with E-state index in [0.29, 0.717) is 4.90 Å². The van der Waals surface area contributed by atoms with Gasteiger partial charge in [0.2, 0.25) is 5.91 Å². The van der Waals surface area contributed by atoms with E-state index in [1.807, 2.05) is 24.3 Å². The number of nitrogens with zero attached hydrogens (tertiary/aromatic N) is 1. The summed E-state index contributed by atoms with van der Waals surface area (Å²) in [6.07, 6.45) is -8.02. The van der Waals surface area contributed by atoms with Crippen LogP contribution >= 0.6 is 0 Å². The molecule has 2 aromatic rings. The fourth-order valence-corrected chi connectivity index (χ4v) is 3.20. The largest absolute Gasteiger partial charge is 0.436 e. The Morgan fingerprint density at radius 3 is 2.00 bits per heavy atom. The maximum Gasteiger partial charge on any atom is 0.411 e. The lowest BCUT2D eigenvalue weighted by molar-refractivity contribution is -0.153. The number of alkyl halides is 3. The van der Waals surface area contributed by atoms with Gasteiger partial charge in [-0.25, -0.2) is 4.79 Å². The van der Waals surface area contributed by atoms with Gasteiger partial charge >= 0.3 is 12.3 Å². The Morgan fingerprint density at radius 1 is 1.07 bits per heavy atom. The molecule has 0 saturated heterocycles. The SMILES string of the molecule is CN(C(=O)OC1c2ccccc2-c2ccccc21)C(CC(F)(F)F)C(N)=O. The Balaban J connectivity index is 1.86. The van der Waals surface area contributed by atoms with Crippen LogP contribution in [0.2, 0.25) is 0 Å². The highest BCUT2D eigenvalue weighted by molar-refractivity contribution is 5.85. The van der Waals surface area contributed by atoms with Crippen molar-refractivity contribution in [3.63, 3.8) is 0 Å². The number of benzene rings is 2. The van der Waals surface area contributed by atoms with Crippen molar-refractivity contribution in [3.05, 3.63) is 59.7 Å². The lowest BCUT2D eigenvalue weighted by Crippen LogP contribution is -2.48. The van der Waals surface area contributed by atoms with Crippen LogP contribution in [-0.4, -0.2) is 36.2 Å². The Kier molecular flexibility index (Phi) is 4.82. The van der Waals surface area contributed by atoms with Crippen LogP contribution in [0.25, 0.3) is 11.1 Å². The Bertz CT molecular complexity index is 837. The standard InChI is InChI=1S/C19H17F3N2O3/c1-24(15(17(23)25)10-19(20,21)22)18(26)27-16-13-8-4-2-6-11(13)12-7-3-5-9-14(12)16/h2-9,15-16H,10H2,1H3,(H2,23,25). The minimum absolute atomic E-state index is 0.597. The first-order valence-corrected chi connectivity index (χ1v) is 8.17. The fourth-order valence-electron chi connectivity index (χ4n) is 3.20. The lowest BCUT2D eigenvalue weighted by atomic mass is 10.1. The molecule has 0 spiro atoms. The topological polar surface area (TPSA) is 72.6 Å². The number of ether oxygens (including phenoxy) is 1. The summed E-state index contributed by atoms with van der Waals surface area (Å²) >= 11 is 0. The van der Waals surface area contributed by atoms with E-state index in [2.05, 4.69) is 0 Å². The third kappa shape index (κ3) is 3.74. The number of fused-ring (bicyclic) bond motifs is 3. The van der Waals surface area contributed by atoms with Crippen LogP contribution in [0.1, 0.15) is 23.7 Å². The fraction of sp³-hybridized carbons (Fsp3) is 0.263. The predicted octanol–water partition coefficient (Wildman–Crippen LogP) is 3.63. The molecule has 1 aliphatic carbocycles. The quantitative estimate of drug-likeness (QED) is 0.883. The lowest BCUT2D eigenvalue weighted by Gasteiger charge is -2.27. The van der Waals surface area contributed by atoms with Crippen molar-refractivity contribution in [1.82, 2.24) is 4.90 Å². The molecule has 0 heterocycles. The van der Waals surface area contributed by atoms with E-state index in [1.165, 1.54) is 0 Å². The summed E-state index contributed by atoms with van der Waals surface area (Å²) < 4.78 is 43.6. The van der Waals surface area contributed by atoms with Crippen LogP contribution in [-0.2, 0) is 9.53 Å². The first-order chi connectivity index (χ1) is 12.7. The summed E-state index contributed by atoms with van der Waals surface area (Å²) in [4.78, 5) is 24.5. The van der Waals surface area contributed by atoms with E-state index >= 15 is 0 Å². The number of halogens is 3. The summed E-state index contributed by atoms with van der Waals surface area (Å²) in [6.45, 7) is 0. The molecule has 0 radical (unpaired) electrons. The molecule has 2 aromatic carbocycles. The molecule has 1 atom stereocenters. The molecule has 8 heteroatoms. The summed E-state index contributed by atoms with van der Waals surface area (Å²) in [7, 11) is 1.07. The normalized spacial score (nSPS) is 14.2. The third-order valence-electron chi connectivity index (χ3n) is 4.50. The van der Waals surface area contributed by atoms with E-state index in [-0.39, 0.29) is 0 Å². The van der Waals surface area contributed by atoms with Crippen LogP contribution in [0, 0.1) is 0 Å². The van der Waals surface area contributed by atoms with Gasteiger partial charge in [-0.05, 0) is 11.1 Å². The van der Waals surface area contributed by atoms with Crippen LogP contribution in [0.4, 0.5) is 18.0 Å². The molecule has 2 N–H and O–H groups in total. The van der Waals surface area contributed by atoms with Crippen molar-refractivity contribution >= 4 is 12.0 Å². The van der Waals surface area contributed by atoms with E-state index in [0.717, 1.165) is 29.3 Å². The highest BCUT2D eigenvalue weighted by Gasteiger charge is 2.40. The highest BCUT2D eigenvalue weighted by Crippen LogP contribution is 2.45. The van der Waals surface area contributed by atoms with Crippen molar-refractivity contribution in [3.8, 4) is 11.1 Å². The van der Waals surface area contributed by atoms with E-state index in [4.69, 9.17) is 10.5 Å². The predicted molar refractivity (Wildman–Crippen MR) is 91.6 cm³/mol. The molecular formula is C19H17F3N2O3. The molecule has 0 bridgehead atoms. The number of rotatable bonds is 4. The monoisotopic (exact) mass is 378 g/mol. The van der Waals surface area contributed by atoms with Gasteiger partial charge in [0.15, 0.2) is 6.10 Å². The smallest absolute Gasteiger partial charge is 0.411 e. The second-order valence-electron chi connectivity index (χ2n) is 6.29. The Hall–Kier alpha value is -3.03. The molecular weight excluding hydrogens is 361 g/mol. The van der Waals surface area contributed by atoms with Crippen molar-refractivity contribution in [1.29, 1.82) is 0 Å². The first-order valence-electron chi connectivity index (χ1n) is 8.17. The van der Waals surface area contributed by atoms with E-state index < -0.39 is 36.7 Å². The van der Waals surface area contributed by atoms with Gasteiger partial charge in [-0.15, -0.1) is 0 Å². The maximum absolute atomic E-state index is 12.7. The zero-order valence-corrected chi connectivity index (χ0v) is 14.4. The van der Waals surface area contributed by atoms with Crippen molar-refractivity contribution in [2.45, 2.75) is 24.7 Å². The van der Waals surface area contributed by atoms with Crippen LogP contribution in [0.3, 0.4) is 0 Å². The van der Waals surface area contributed by atoms with Crippen LogP contribution in [0.15, 0.2) is 48.5 Å². The average molecular weight is 378 g/mol. The molecule has 0 fully saturated rings. The Morgan fingerprint density at radius 2 is 1.56 bits per heavy atom. The first kappa shape index (κ1) is 18.8. The van der Waals surface area contributed by atoms with Crippen molar-refractivity contribution < 1.29 is 27.5 Å². The molecule has 5 nitrogen and oxygen atoms in total. The van der Waals surface area contributed by atoms with Gasteiger partial charge in [-0.2, -0.15) is 13.2 Å². The van der Waals surface area contributed by atoms with Gasteiger partial charge in [-0.3, -0.25) is 9.69 Å². The molecule has 142 valence electrons. The second kappa shape index (κ2) is 6.94. The number of primary amides is 1. The molecule has 0 aromatic heterocycles. The number of carbonyl (C=O) groups excluding carboxylic acids is 2. The zero-order chi connectivity index (χ0) is 19.8. The number of nitrogens with two attached hydrogens (primary N) is 1. The minimum Gasteiger partial charge on any atom is -0.436 e. The van der Waals surface area contributed by atoms with Gasteiger partial charge in [0, 0.05) is 18.2 Å². The molecule has 2 amide bonds. The van der Waals surface area contributed by atoms with Crippen molar-refractivity contribution in [2.75, 3.05) is 7.05 Å². The van der Waals surface area contributed by atoms with Gasteiger partial charge in [0.1, 0.15) is 6.04 Å². The average Bonchev–Trinajstić information content (AvgIpc) is 2.93. The Labute approximate surface area is 153 Å². The maximum atomic E-state index is 12.7. The summed E-state index contributed by atoms with van der Waals surface area (Å²) in [5.74, 6) is -1.25. The summed E-state index contributed by atoms with van der Waals surface area (Å²) in [5.41, 5.74) is 8.28. The third-order valence-corrected chi connectivity index (χ3v) is 4.50. The molecule has 1 aliphatic rings. The summed E-state index contributed by atoms with van der Waals surface area (Å²) in [6, 6.07) is 12.7. The summed E-state index contributed by atoms with van der Waals surface area (Å²) in [5, 5.41) is 0. The molecule has 3 rings (SSSR count). The van der Waals surface area contributed by atoms with Gasteiger partial charge in [-0.1, -0.05) is 48.5 Å². The highest BCUT2D eigenvalue weighted by atomic mass is 19.4. The molecule has 27 heavy (non-hydrogen) atoms.